The molecule has 1 aromatic carbocycles. The lowest BCUT2D eigenvalue weighted by Crippen LogP contribution is -2.32. The third-order valence-corrected chi connectivity index (χ3v) is 4.08. The largest absolute Gasteiger partial charge is 0.508 e. The number of phenols is 1. The summed E-state index contributed by atoms with van der Waals surface area (Å²) in [6.07, 6.45) is 6.14. The quantitative estimate of drug-likeness (QED) is 0.929. The Morgan fingerprint density at radius 3 is 2.50 bits per heavy atom. The van der Waals surface area contributed by atoms with Gasteiger partial charge < -0.3 is 5.11 Å². The first-order valence-electron chi connectivity index (χ1n) is 7.21. The third kappa shape index (κ3) is 3.17. The van der Waals surface area contributed by atoms with E-state index < -0.39 is 0 Å². The summed E-state index contributed by atoms with van der Waals surface area (Å²) in [6.45, 7) is 3.25. The zero-order valence-corrected chi connectivity index (χ0v) is 11.6. The van der Waals surface area contributed by atoms with Crippen LogP contribution in [0, 0.1) is 0 Å². The van der Waals surface area contributed by atoms with E-state index in [4.69, 9.17) is 0 Å². The number of likely N-dealkylation sites (tertiary alicyclic amines) is 1. The van der Waals surface area contributed by atoms with Gasteiger partial charge in [-0.3, -0.25) is 9.88 Å². The highest BCUT2D eigenvalue weighted by atomic mass is 16.3. The van der Waals surface area contributed by atoms with Gasteiger partial charge in [0.2, 0.25) is 0 Å². The first kappa shape index (κ1) is 13.1. The fourth-order valence-electron chi connectivity index (χ4n) is 2.92. The molecule has 0 unspecified atom stereocenters. The standard InChI is InChI=1S/C17H20N2O/c20-17-5-3-15(4-6-17)16-7-10-19(11-8-16)13-14-2-1-9-18-12-14/h1-6,9,12,16,20H,7-8,10-11,13H2. The van der Waals surface area contributed by atoms with Crippen molar-refractivity contribution in [3.05, 3.63) is 59.9 Å². The average molecular weight is 268 g/mol. The summed E-state index contributed by atoms with van der Waals surface area (Å²) in [5.74, 6) is 0.975. The Morgan fingerprint density at radius 1 is 1.10 bits per heavy atom. The van der Waals surface area contributed by atoms with Crippen LogP contribution in [-0.2, 0) is 6.54 Å². The van der Waals surface area contributed by atoms with Crippen molar-refractivity contribution in [1.82, 2.24) is 9.88 Å². The molecule has 1 aliphatic heterocycles. The maximum Gasteiger partial charge on any atom is 0.115 e. The molecule has 0 radical (unpaired) electrons. The normalized spacial score (nSPS) is 17.2. The van der Waals surface area contributed by atoms with Gasteiger partial charge in [0.1, 0.15) is 5.75 Å². The van der Waals surface area contributed by atoms with Crippen LogP contribution in [0.5, 0.6) is 5.75 Å². The molecule has 0 amide bonds. The monoisotopic (exact) mass is 268 g/mol. The van der Waals surface area contributed by atoms with E-state index >= 15 is 0 Å². The van der Waals surface area contributed by atoms with Gasteiger partial charge in [-0.2, -0.15) is 0 Å². The van der Waals surface area contributed by atoms with Crippen molar-refractivity contribution in [1.29, 1.82) is 0 Å². The van der Waals surface area contributed by atoms with Crippen molar-refractivity contribution in [2.75, 3.05) is 13.1 Å². The molecule has 1 aliphatic rings. The molecule has 3 heteroatoms. The van der Waals surface area contributed by atoms with Gasteiger partial charge in [-0.25, -0.2) is 0 Å². The van der Waals surface area contributed by atoms with Crippen molar-refractivity contribution >= 4 is 0 Å². The maximum atomic E-state index is 9.35. The number of rotatable bonds is 3. The molecule has 0 spiro atoms. The van der Waals surface area contributed by atoms with Crippen LogP contribution >= 0.6 is 0 Å². The van der Waals surface area contributed by atoms with Crippen molar-refractivity contribution in [2.24, 2.45) is 0 Å². The van der Waals surface area contributed by atoms with Gasteiger partial charge in [-0.05, 0) is 61.2 Å². The molecule has 20 heavy (non-hydrogen) atoms. The Bertz CT molecular complexity index is 531. The zero-order chi connectivity index (χ0) is 13.8. The summed E-state index contributed by atoms with van der Waals surface area (Å²) < 4.78 is 0. The molecule has 2 heterocycles. The van der Waals surface area contributed by atoms with Gasteiger partial charge in [0.25, 0.3) is 0 Å². The zero-order valence-electron chi connectivity index (χ0n) is 11.6. The Hall–Kier alpha value is -1.87. The van der Waals surface area contributed by atoms with Crippen LogP contribution in [0.2, 0.25) is 0 Å². The van der Waals surface area contributed by atoms with Gasteiger partial charge in [0, 0.05) is 18.9 Å². The topological polar surface area (TPSA) is 36.4 Å². The summed E-state index contributed by atoms with van der Waals surface area (Å²) in [7, 11) is 0. The van der Waals surface area contributed by atoms with E-state index in [1.807, 2.05) is 18.5 Å². The third-order valence-electron chi connectivity index (χ3n) is 4.08. The van der Waals surface area contributed by atoms with Crippen LogP contribution in [0.3, 0.4) is 0 Å². The number of aromatic nitrogens is 1. The summed E-state index contributed by atoms with van der Waals surface area (Å²) >= 11 is 0. The molecular weight excluding hydrogens is 248 g/mol. The van der Waals surface area contributed by atoms with E-state index in [1.54, 1.807) is 12.1 Å². The Balaban J connectivity index is 1.55. The lowest BCUT2D eigenvalue weighted by Gasteiger charge is -2.32. The predicted octanol–water partition coefficient (Wildman–Crippen LogP) is 3.17. The van der Waals surface area contributed by atoms with Crippen LogP contribution in [0.1, 0.15) is 29.9 Å². The molecule has 0 atom stereocenters. The van der Waals surface area contributed by atoms with Crippen molar-refractivity contribution in [3.63, 3.8) is 0 Å². The first-order chi connectivity index (χ1) is 9.81. The number of hydrogen-bond acceptors (Lipinski definition) is 3. The second kappa shape index (κ2) is 6.06. The molecule has 0 saturated carbocycles. The van der Waals surface area contributed by atoms with E-state index in [2.05, 4.69) is 28.1 Å². The summed E-state index contributed by atoms with van der Waals surface area (Å²) in [5, 5.41) is 9.35. The maximum absolute atomic E-state index is 9.35. The molecule has 0 bridgehead atoms. The fraction of sp³-hybridized carbons (Fsp3) is 0.353. The Morgan fingerprint density at radius 2 is 1.85 bits per heavy atom. The molecule has 1 fully saturated rings. The molecule has 3 nitrogen and oxygen atoms in total. The van der Waals surface area contributed by atoms with Crippen molar-refractivity contribution in [3.8, 4) is 5.75 Å². The fourth-order valence-corrected chi connectivity index (χ4v) is 2.92. The summed E-state index contributed by atoms with van der Waals surface area (Å²) in [4.78, 5) is 6.66. The second-order valence-corrected chi connectivity index (χ2v) is 5.50. The highest BCUT2D eigenvalue weighted by Gasteiger charge is 2.20. The number of phenolic OH excluding ortho intramolecular Hbond substituents is 1. The molecular formula is C17H20N2O. The molecule has 3 rings (SSSR count). The summed E-state index contributed by atoms with van der Waals surface area (Å²) in [6, 6.07) is 11.8. The van der Waals surface area contributed by atoms with E-state index in [0.717, 1.165) is 19.6 Å². The van der Waals surface area contributed by atoms with Gasteiger partial charge in [-0.15, -0.1) is 0 Å². The van der Waals surface area contributed by atoms with Gasteiger partial charge in [-0.1, -0.05) is 18.2 Å². The van der Waals surface area contributed by atoms with Gasteiger partial charge >= 0.3 is 0 Å². The average Bonchev–Trinajstić information content (AvgIpc) is 2.50. The number of benzene rings is 1. The van der Waals surface area contributed by atoms with E-state index in [1.165, 1.54) is 24.0 Å². The minimum atomic E-state index is 0.350. The smallest absolute Gasteiger partial charge is 0.115 e. The second-order valence-electron chi connectivity index (χ2n) is 5.50. The lowest BCUT2D eigenvalue weighted by atomic mass is 9.89. The summed E-state index contributed by atoms with van der Waals surface area (Å²) in [5.41, 5.74) is 2.64. The molecule has 1 N–H and O–H groups in total. The van der Waals surface area contributed by atoms with Crippen LogP contribution in [0.4, 0.5) is 0 Å². The Labute approximate surface area is 119 Å². The van der Waals surface area contributed by atoms with Gasteiger partial charge in [0.05, 0.1) is 0 Å². The molecule has 1 saturated heterocycles. The number of hydrogen-bond donors (Lipinski definition) is 1. The minimum absolute atomic E-state index is 0.350. The van der Waals surface area contributed by atoms with Crippen LogP contribution < -0.4 is 0 Å². The molecule has 1 aromatic heterocycles. The van der Waals surface area contributed by atoms with Crippen LogP contribution in [-0.4, -0.2) is 28.1 Å². The molecule has 0 aliphatic carbocycles. The van der Waals surface area contributed by atoms with Crippen molar-refractivity contribution in [2.45, 2.75) is 25.3 Å². The van der Waals surface area contributed by atoms with Crippen LogP contribution in [0.15, 0.2) is 48.8 Å². The highest BCUT2D eigenvalue weighted by Crippen LogP contribution is 2.29. The lowest BCUT2D eigenvalue weighted by molar-refractivity contribution is 0.204. The highest BCUT2D eigenvalue weighted by molar-refractivity contribution is 5.28. The number of piperidine rings is 1. The predicted molar refractivity (Wildman–Crippen MR) is 79.6 cm³/mol. The van der Waals surface area contributed by atoms with Gasteiger partial charge in [0.15, 0.2) is 0 Å². The van der Waals surface area contributed by atoms with E-state index in [9.17, 15) is 5.11 Å². The number of pyridine rings is 1. The molecule has 2 aromatic rings. The number of aromatic hydroxyl groups is 1. The van der Waals surface area contributed by atoms with Crippen LogP contribution in [0.25, 0.3) is 0 Å². The van der Waals surface area contributed by atoms with E-state index in [0.29, 0.717) is 11.7 Å². The minimum Gasteiger partial charge on any atom is -0.508 e. The van der Waals surface area contributed by atoms with E-state index in [-0.39, 0.29) is 0 Å². The number of nitrogens with zero attached hydrogens (tertiary/aromatic N) is 2. The Kier molecular flexibility index (Phi) is 3.97. The molecule has 104 valence electrons. The SMILES string of the molecule is Oc1ccc(C2CCN(Cc3cccnc3)CC2)cc1. The first-order valence-corrected chi connectivity index (χ1v) is 7.21. The van der Waals surface area contributed by atoms with Crippen molar-refractivity contribution < 1.29 is 5.11 Å².